The van der Waals surface area contributed by atoms with E-state index in [-0.39, 0.29) is 2.85 Å². The molecule has 0 nitrogen and oxygen atoms in total. The Morgan fingerprint density at radius 2 is 1.30 bits per heavy atom. The summed E-state index contributed by atoms with van der Waals surface area (Å²) >= 11 is 0. The van der Waals surface area contributed by atoms with Crippen LogP contribution in [0.1, 0.15) is 127 Å². The lowest BCUT2D eigenvalue weighted by atomic mass is 9.64. The van der Waals surface area contributed by atoms with Crippen molar-refractivity contribution < 1.29 is 2.85 Å². The van der Waals surface area contributed by atoms with Gasteiger partial charge >= 0.3 is 0 Å². The maximum absolute atomic E-state index is 2.52. The Hall–Kier alpha value is 0. The lowest BCUT2D eigenvalue weighted by Crippen LogP contribution is -2.29. The average molecular weight is 327 g/mol. The van der Waals surface area contributed by atoms with Gasteiger partial charge in [-0.05, 0) is 61.7 Å². The molecule has 0 N–H and O–H groups in total. The van der Waals surface area contributed by atoms with Gasteiger partial charge in [-0.3, -0.25) is 0 Å². The Morgan fingerprint density at radius 1 is 0.783 bits per heavy atom. The molecule has 0 bridgehead atoms. The lowest BCUT2D eigenvalue weighted by molar-refractivity contribution is 0.0999. The van der Waals surface area contributed by atoms with Gasteiger partial charge in [-0.2, -0.15) is 0 Å². The summed E-state index contributed by atoms with van der Waals surface area (Å²) < 4.78 is 0. The molecular weight excluding hydrogens is 276 g/mol. The molecule has 0 amide bonds. The molecule has 2 aliphatic rings. The summed E-state index contributed by atoms with van der Waals surface area (Å²) in [4.78, 5) is 0. The van der Waals surface area contributed by atoms with Crippen LogP contribution in [0.3, 0.4) is 0 Å². The molecule has 0 unspecified atom stereocenters. The Morgan fingerprint density at radius 3 is 1.78 bits per heavy atom. The van der Waals surface area contributed by atoms with Gasteiger partial charge in [-0.15, -0.1) is 0 Å². The molecule has 23 heavy (non-hydrogen) atoms. The van der Waals surface area contributed by atoms with Crippen LogP contribution in [0.2, 0.25) is 0 Å². The van der Waals surface area contributed by atoms with Gasteiger partial charge < -0.3 is 0 Å². The van der Waals surface area contributed by atoms with Gasteiger partial charge in [0, 0.05) is 2.85 Å². The Balaban J connectivity index is 0. The van der Waals surface area contributed by atoms with Crippen LogP contribution in [0.15, 0.2) is 0 Å². The molecule has 2 rings (SSSR count). The number of rotatable bonds is 6. The van der Waals surface area contributed by atoms with Crippen LogP contribution in [0.4, 0.5) is 0 Å². The predicted molar refractivity (Wildman–Crippen MR) is 110 cm³/mol. The van der Waals surface area contributed by atoms with E-state index in [0.29, 0.717) is 5.41 Å². The molecular formula is C23H50. The molecule has 0 atom stereocenters. The third-order valence-electron chi connectivity index (χ3n) is 6.86. The van der Waals surface area contributed by atoms with Crippen molar-refractivity contribution >= 4 is 0 Å². The third-order valence-corrected chi connectivity index (χ3v) is 6.86. The quantitative estimate of drug-likeness (QED) is 0.427. The highest BCUT2D eigenvalue weighted by Gasteiger charge is 2.34. The molecule has 0 aromatic rings. The highest BCUT2D eigenvalue weighted by molar-refractivity contribution is 4.86. The van der Waals surface area contributed by atoms with E-state index in [1.54, 1.807) is 25.7 Å². The molecule has 0 heterocycles. The first-order valence-electron chi connectivity index (χ1n) is 11.1. The predicted octanol–water partition coefficient (Wildman–Crippen LogP) is 8.89. The first-order valence-corrected chi connectivity index (χ1v) is 11.1. The van der Waals surface area contributed by atoms with Crippen molar-refractivity contribution in [3.05, 3.63) is 0 Å². The van der Waals surface area contributed by atoms with Crippen LogP contribution in [-0.4, -0.2) is 0 Å². The first kappa shape index (κ1) is 21.0. The summed E-state index contributed by atoms with van der Waals surface area (Å²) in [7, 11) is 0. The van der Waals surface area contributed by atoms with Crippen molar-refractivity contribution in [2.45, 2.75) is 125 Å². The van der Waals surface area contributed by atoms with Crippen LogP contribution in [-0.2, 0) is 0 Å². The highest BCUT2D eigenvalue weighted by Crippen LogP contribution is 2.47. The summed E-state index contributed by atoms with van der Waals surface area (Å²) in [5.41, 5.74) is 0.688. The second-order valence-corrected chi connectivity index (χ2v) is 8.99. The van der Waals surface area contributed by atoms with Gasteiger partial charge in [0.1, 0.15) is 0 Å². The van der Waals surface area contributed by atoms with Crippen molar-refractivity contribution in [2.75, 3.05) is 0 Å². The van der Waals surface area contributed by atoms with E-state index in [1.165, 1.54) is 64.2 Å². The van der Waals surface area contributed by atoms with Crippen LogP contribution in [0.25, 0.3) is 0 Å². The zero-order valence-electron chi connectivity index (χ0n) is 17.1. The van der Waals surface area contributed by atoms with Crippen molar-refractivity contribution in [3.8, 4) is 0 Å². The van der Waals surface area contributed by atoms with E-state index in [2.05, 4.69) is 34.6 Å². The fourth-order valence-electron chi connectivity index (χ4n) is 4.79. The van der Waals surface area contributed by atoms with Crippen molar-refractivity contribution in [3.63, 3.8) is 0 Å². The van der Waals surface area contributed by atoms with Crippen LogP contribution in [0.5, 0.6) is 0 Å². The van der Waals surface area contributed by atoms with Gasteiger partial charge in [0.05, 0.1) is 0 Å². The summed E-state index contributed by atoms with van der Waals surface area (Å²) in [5, 5.41) is 0. The molecule has 2 aliphatic carbocycles. The topological polar surface area (TPSA) is 0 Å². The van der Waals surface area contributed by atoms with Gasteiger partial charge in [-0.1, -0.05) is 86.0 Å². The van der Waals surface area contributed by atoms with Crippen LogP contribution >= 0.6 is 0 Å². The summed E-state index contributed by atoms with van der Waals surface area (Å²) in [6.07, 6.45) is 20.8. The Bertz CT molecular complexity index is 274. The van der Waals surface area contributed by atoms with E-state index in [0.717, 1.165) is 17.8 Å². The van der Waals surface area contributed by atoms with Gasteiger partial charge in [0.2, 0.25) is 0 Å². The van der Waals surface area contributed by atoms with Crippen LogP contribution < -0.4 is 0 Å². The number of unbranched alkanes of at least 4 members (excludes halogenated alkanes) is 2. The largest absolute Gasteiger partial charge is 0.0656 e. The average Bonchev–Trinajstić information content (AvgIpc) is 2.57. The smallest absolute Gasteiger partial charge is 0 e. The Kier molecular flexibility index (Phi) is 10.6. The van der Waals surface area contributed by atoms with Crippen LogP contribution in [0, 0.1) is 23.2 Å². The second kappa shape index (κ2) is 11.5. The summed E-state index contributed by atoms with van der Waals surface area (Å²) in [5.74, 6) is 3.27. The zero-order chi connectivity index (χ0) is 17.1. The van der Waals surface area contributed by atoms with E-state index in [9.17, 15) is 0 Å². The van der Waals surface area contributed by atoms with E-state index in [1.807, 2.05) is 0 Å². The van der Waals surface area contributed by atoms with Crippen molar-refractivity contribution in [2.24, 2.45) is 23.2 Å². The SMILES string of the molecule is CCC.CCCCCC1CCC(C2CCC(C)(CC)CC2)CC1.[HH].[HH]. The molecule has 2 fully saturated rings. The van der Waals surface area contributed by atoms with Crippen molar-refractivity contribution in [1.29, 1.82) is 0 Å². The molecule has 142 valence electrons. The van der Waals surface area contributed by atoms with Gasteiger partial charge in [-0.25, -0.2) is 0 Å². The number of hydrogen-bond acceptors (Lipinski definition) is 0. The monoisotopic (exact) mass is 326 g/mol. The minimum atomic E-state index is 0. The van der Waals surface area contributed by atoms with E-state index >= 15 is 0 Å². The second-order valence-electron chi connectivity index (χ2n) is 8.99. The minimum Gasteiger partial charge on any atom is -0.0656 e. The molecule has 0 aromatic carbocycles. The maximum Gasteiger partial charge on any atom is 0 e. The number of hydrogen-bond donors (Lipinski definition) is 0. The van der Waals surface area contributed by atoms with E-state index in [4.69, 9.17) is 0 Å². The fourth-order valence-corrected chi connectivity index (χ4v) is 4.79. The molecule has 0 saturated heterocycles. The zero-order valence-corrected chi connectivity index (χ0v) is 17.1. The molecule has 0 aromatic heterocycles. The lowest BCUT2D eigenvalue weighted by Gasteiger charge is -2.42. The molecule has 0 aliphatic heterocycles. The summed E-state index contributed by atoms with van der Waals surface area (Å²) in [6.45, 7) is 11.5. The van der Waals surface area contributed by atoms with Crippen molar-refractivity contribution in [1.82, 2.24) is 0 Å². The first-order chi connectivity index (χ1) is 11.1. The molecule has 0 heteroatoms. The third kappa shape index (κ3) is 7.61. The molecule has 2 saturated carbocycles. The Labute approximate surface area is 151 Å². The summed E-state index contributed by atoms with van der Waals surface area (Å²) in [6, 6.07) is 0. The molecule has 0 radical (unpaired) electrons. The fraction of sp³-hybridized carbons (Fsp3) is 1.00. The standard InChI is InChI=1S/C20H38.C3H8.2H2/c1-4-6-7-8-17-9-11-18(12-10-17)19-13-15-20(3,5-2)16-14-19;1-3-2;;/h17-19H,4-16H2,1-3H3;3H2,1-2H3;2*1H. The van der Waals surface area contributed by atoms with E-state index < -0.39 is 0 Å². The highest BCUT2D eigenvalue weighted by atomic mass is 14.4. The van der Waals surface area contributed by atoms with Gasteiger partial charge in [0.25, 0.3) is 0 Å². The van der Waals surface area contributed by atoms with Gasteiger partial charge in [0.15, 0.2) is 0 Å². The minimum absolute atomic E-state index is 0. The normalized spacial score (nSPS) is 34.6. The maximum atomic E-state index is 2.52. The molecule has 0 spiro atoms.